The third-order valence-electron chi connectivity index (χ3n) is 6.08. The second kappa shape index (κ2) is 9.73. The second-order valence-electron chi connectivity index (χ2n) is 9.06. The van der Waals surface area contributed by atoms with Crippen LogP contribution < -0.4 is 19.5 Å². The maximum Gasteiger partial charge on any atom is 0.295 e. The van der Waals surface area contributed by atoms with Gasteiger partial charge in [0, 0.05) is 12.0 Å². The van der Waals surface area contributed by atoms with E-state index < -0.39 is 23.5 Å². The van der Waals surface area contributed by atoms with Crippen LogP contribution in [0.5, 0.6) is 11.5 Å². The first kappa shape index (κ1) is 23.6. The highest BCUT2D eigenvalue weighted by Crippen LogP contribution is 2.40. The minimum atomic E-state index is -0.775. The van der Waals surface area contributed by atoms with E-state index in [4.69, 9.17) is 9.47 Å². The summed E-state index contributed by atoms with van der Waals surface area (Å²) in [6.07, 6.45) is 2.38. The Morgan fingerprint density at radius 3 is 2.79 bits per heavy atom. The molecule has 1 fully saturated rings. The normalized spacial score (nSPS) is 21.0. The Balaban J connectivity index is 1.80. The molecule has 2 aromatic carbocycles. The maximum atomic E-state index is 13.7. The van der Waals surface area contributed by atoms with Crippen molar-refractivity contribution in [2.45, 2.75) is 25.5 Å². The summed E-state index contributed by atoms with van der Waals surface area (Å²) >= 11 is 0. The number of benzene rings is 2. The quantitative estimate of drug-likeness (QED) is 0.273. The van der Waals surface area contributed by atoms with Crippen molar-refractivity contribution in [3.05, 3.63) is 77.4 Å². The van der Waals surface area contributed by atoms with Gasteiger partial charge in [-0.3, -0.25) is 9.59 Å². The molecule has 2 unspecified atom stereocenters. The van der Waals surface area contributed by atoms with Crippen molar-refractivity contribution in [3.63, 3.8) is 0 Å². The van der Waals surface area contributed by atoms with Crippen molar-refractivity contribution < 1.29 is 29.1 Å². The lowest BCUT2D eigenvalue weighted by molar-refractivity contribution is -0.857. The molecule has 0 bridgehead atoms. The van der Waals surface area contributed by atoms with Crippen molar-refractivity contribution in [3.8, 4) is 11.5 Å². The lowest BCUT2D eigenvalue weighted by Crippen LogP contribution is -3.06. The van der Waals surface area contributed by atoms with Crippen molar-refractivity contribution in [2.24, 2.45) is 0 Å². The summed E-state index contributed by atoms with van der Waals surface area (Å²) in [5.74, 6) is -0.487. The average molecular weight is 463 g/mol. The van der Waals surface area contributed by atoms with E-state index in [1.165, 1.54) is 4.90 Å². The standard InChI is InChI=1S/C27H30N2O5/c1-5-13-33-21-8-6-7-18(16-21)24-23(26(31)27(32)29(24)12-11-28(3)4)25(30)19-9-10-22-20(15-19)14-17(2)34-22/h5-10,15-17,24,30H,1,11-14H2,2-4H3. The van der Waals surface area contributed by atoms with Crippen molar-refractivity contribution >= 4 is 17.4 Å². The monoisotopic (exact) mass is 462 g/mol. The zero-order chi connectivity index (χ0) is 24.4. The van der Waals surface area contributed by atoms with Gasteiger partial charge in [0.25, 0.3) is 5.91 Å². The maximum absolute atomic E-state index is 13.7. The molecule has 2 atom stereocenters. The molecule has 1 N–H and O–H groups in total. The number of ether oxygens (including phenoxy) is 2. The van der Waals surface area contributed by atoms with E-state index in [0.29, 0.717) is 43.0 Å². The molecule has 0 saturated carbocycles. The molecule has 0 aromatic heterocycles. The van der Waals surface area contributed by atoms with Crippen LogP contribution in [0.1, 0.15) is 29.7 Å². The number of amides is 1. The predicted molar refractivity (Wildman–Crippen MR) is 126 cm³/mol. The number of rotatable bonds is 8. The third kappa shape index (κ3) is 4.56. The first-order valence-electron chi connectivity index (χ1n) is 11.5. The topological polar surface area (TPSA) is 83.3 Å². The third-order valence-corrected chi connectivity index (χ3v) is 6.08. The SMILES string of the molecule is C=CCOc1cccc(C2C(=C([O-])c3ccc4c(c3)CC(C)O4)C(=O)C(=O)N2CC[NH+](C)C)c1. The molecule has 34 heavy (non-hydrogen) atoms. The van der Waals surface area contributed by atoms with Crippen LogP contribution >= 0.6 is 0 Å². The van der Waals surface area contributed by atoms with Gasteiger partial charge in [-0.05, 0) is 47.9 Å². The van der Waals surface area contributed by atoms with Gasteiger partial charge in [0.15, 0.2) is 0 Å². The number of carbonyl (C=O) groups excluding carboxylic acids is 2. The number of quaternary nitrogens is 1. The summed E-state index contributed by atoms with van der Waals surface area (Å²) in [4.78, 5) is 28.9. The Morgan fingerprint density at radius 1 is 1.26 bits per heavy atom. The summed E-state index contributed by atoms with van der Waals surface area (Å²) in [5, 5.41) is 13.7. The molecule has 7 heteroatoms. The summed E-state index contributed by atoms with van der Waals surface area (Å²) in [6.45, 7) is 6.94. The van der Waals surface area contributed by atoms with Gasteiger partial charge in [0.2, 0.25) is 5.78 Å². The first-order chi connectivity index (χ1) is 16.3. The Labute approximate surface area is 199 Å². The molecule has 1 saturated heterocycles. The van der Waals surface area contributed by atoms with Crippen LogP contribution in [-0.2, 0) is 16.0 Å². The molecule has 0 spiro atoms. The summed E-state index contributed by atoms with van der Waals surface area (Å²) in [6, 6.07) is 11.6. The Kier molecular flexibility index (Phi) is 6.75. The number of nitrogens with zero attached hydrogens (tertiary/aromatic N) is 1. The molecule has 2 heterocycles. The Morgan fingerprint density at radius 2 is 2.06 bits per heavy atom. The van der Waals surface area contributed by atoms with E-state index in [9.17, 15) is 14.7 Å². The molecule has 2 aromatic rings. The predicted octanol–water partition coefficient (Wildman–Crippen LogP) is 0.943. The first-order valence-corrected chi connectivity index (χ1v) is 11.5. The molecule has 1 amide bonds. The summed E-state index contributed by atoms with van der Waals surface area (Å²) < 4.78 is 11.4. The molecule has 4 rings (SSSR count). The van der Waals surface area contributed by atoms with Gasteiger partial charge >= 0.3 is 0 Å². The van der Waals surface area contributed by atoms with Gasteiger partial charge in [-0.1, -0.05) is 36.6 Å². The molecular formula is C27H30N2O5. The van der Waals surface area contributed by atoms with Crippen molar-refractivity contribution in [1.29, 1.82) is 0 Å². The van der Waals surface area contributed by atoms with Crippen LogP contribution in [-0.4, -0.2) is 56.5 Å². The zero-order valence-electron chi connectivity index (χ0n) is 19.8. The van der Waals surface area contributed by atoms with Crippen LogP contribution in [0.2, 0.25) is 0 Å². The van der Waals surface area contributed by atoms with Crippen molar-refractivity contribution in [1.82, 2.24) is 4.90 Å². The van der Waals surface area contributed by atoms with Crippen LogP contribution in [0.4, 0.5) is 0 Å². The molecule has 178 valence electrons. The van der Waals surface area contributed by atoms with Gasteiger partial charge in [0.05, 0.1) is 33.2 Å². The number of hydrogen-bond donors (Lipinski definition) is 1. The van der Waals surface area contributed by atoms with E-state index in [1.54, 1.807) is 42.5 Å². The summed E-state index contributed by atoms with van der Waals surface area (Å²) in [7, 11) is 3.95. The van der Waals surface area contributed by atoms with Gasteiger partial charge in [-0.15, -0.1) is 0 Å². The fraction of sp³-hybridized carbons (Fsp3) is 0.333. The van der Waals surface area contributed by atoms with Crippen molar-refractivity contribution in [2.75, 3.05) is 33.8 Å². The number of ketones is 1. The van der Waals surface area contributed by atoms with Crippen LogP contribution in [0.25, 0.3) is 5.76 Å². The van der Waals surface area contributed by atoms with Crippen LogP contribution in [0.3, 0.4) is 0 Å². The van der Waals surface area contributed by atoms with E-state index in [-0.39, 0.29) is 11.7 Å². The molecular weight excluding hydrogens is 432 g/mol. The summed E-state index contributed by atoms with van der Waals surface area (Å²) in [5.41, 5.74) is 1.96. The second-order valence-corrected chi connectivity index (χ2v) is 9.06. The highest BCUT2D eigenvalue weighted by atomic mass is 16.5. The fourth-order valence-corrected chi connectivity index (χ4v) is 4.44. The lowest BCUT2D eigenvalue weighted by Gasteiger charge is -2.28. The number of nitrogens with one attached hydrogen (secondary N) is 1. The Bertz CT molecular complexity index is 1150. The van der Waals surface area contributed by atoms with E-state index in [1.807, 2.05) is 27.1 Å². The minimum Gasteiger partial charge on any atom is -0.872 e. The lowest BCUT2D eigenvalue weighted by atomic mass is 9.94. The highest BCUT2D eigenvalue weighted by Gasteiger charge is 2.44. The van der Waals surface area contributed by atoms with Crippen LogP contribution in [0.15, 0.2) is 60.7 Å². The number of fused-ring (bicyclic) bond motifs is 1. The fourth-order valence-electron chi connectivity index (χ4n) is 4.44. The van der Waals surface area contributed by atoms with Crippen LogP contribution in [0, 0.1) is 0 Å². The largest absolute Gasteiger partial charge is 0.872 e. The van der Waals surface area contributed by atoms with E-state index >= 15 is 0 Å². The average Bonchev–Trinajstić information content (AvgIpc) is 3.31. The smallest absolute Gasteiger partial charge is 0.295 e. The Hall–Kier alpha value is -3.58. The van der Waals surface area contributed by atoms with Gasteiger partial charge in [-0.25, -0.2) is 0 Å². The van der Waals surface area contributed by atoms with E-state index in [2.05, 4.69) is 6.58 Å². The van der Waals surface area contributed by atoms with Gasteiger partial charge < -0.3 is 24.4 Å². The van der Waals surface area contributed by atoms with E-state index in [0.717, 1.165) is 16.2 Å². The number of carbonyl (C=O) groups is 2. The minimum absolute atomic E-state index is 0.0217. The number of likely N-dealkylation sites (tertiary alicyclic amines) is 1. The van der Waals surface area contributed by atoms with Gasteiger partial charge in [0.1, 0.15) is 24.2 Å². The molecule has 0 radical (unpaired) electrons. The zero-order valence-corrected chi connectivity index (χ0v) is 19.8. The number of likely N-dealkylation sites (N-methyl/N-ethyl adjacent to an activating group) is 1. The molecule has 2 aliphatic heterocycles. The molecule has 0 aliphatic carbocycles. The highest BCUT2D eigenvalue weighted by molar-refractivity contribution is 6.46. The molecule has 7 nitrogen and oxygen atoms in total. The molecule has 2 aliphatic rings. The number of hydrogen-bond acceptors (Lipinski definition) is 5. The van der Waals surface area contributed by atoms with Gasteiger partial charge in [-0.2, -0.15) is 0 Å². The number of Topliss-reactive ketones (excluding diaryl/α,β-unsaturated/α-hetero) is 1.